The van der Waals surface area contributed by atoms with Gasteiger partial charge in [0.15, 0.2) is 6.10 Å². The first-order chi connectivity index (χ1) is 16.7. The van der Waals surface area contributed by atoms with E-state index in [1.807, 2.05) is 24.3 Å². The molecular weight excluding hydrogens is 529 g/mol. The summed E-state index contributed by atoms with van der Waals surface area (Å²) >= 11 is 3.43. The van der Waals surface area contributed by atoms with Crippen LogP contribution in [0.25, 0.3) is 21.9 Å². The lowest BCUT2D eigenvalue weighted by Crippen LogP contribution is -2.26. The molecule has 0 aliphatic heterocycles. The molecule has 5 nitrogen and oxygen atoms in total. The smallest absolute Gasteiger partial charge is 0.416 e. The molecule has 35 heavy (non-hydrogen) atoms. The van der Waals surface area contributed by atoms with E-state index in [-0.39, 0.29) is 19.0 Å². The van der Waals surface area contributed by atoms with Crippen molar-refractivity contribution in [2.45, 2.75) is 32.0 Å². The van der Waals surface area contributed by atoms with Crippen LogP contribution in [0.4, 0.5) is 13.2 Å². The molecule has 9 heteroatoms. The number of carbonyl (C=O) groups excluding carboxylic acids is 1. The maximum Gasteiger partial charge on any atom is 0.416 e. The van der Waals surface area contributed by atoms with Gasteiger partial charge in [-0.2, -0.15) is 13.2 Å². The number of hydrogen-bond donors (Lipinski definition) is 0. The van der Waals surface area contributed by atoms with Crippen molar-refractivity contribution in [1.29, 1.82) is 0 Å². The third-order valence-electron chi connectivity index (χ3n) is 5.26. The van der Waals surface area contributed by atoms with Gasteiger partial charge in [0, 0.05) is 21.3 Å². The Bertz CT molecular complexity index is 1330. The van der Waals surface area contributed by atoms with Gasteiger partial charge in [-0.3, -0.25) is 0 Å². The molecule has 4 rings (SSSR count). The third-order valence-corrected chi connectivity index (χ3v) is 5.76. The summed E-state index contributed by atoms with van der Waals surface area (Å²) in [6.45, 7) is 1.95. The fourth-order valence-electron chi connectivity index (χ4n) is 3.50. The normalized spacial score (nSPS) is 12.6. The van der Waals surface area contributed by atoms with E-state index in [0.717, 1.165) is 33.0 Å². The molecule has 1 aromatic heterocycles. The Morgan fingerprint density at radius 1 is 0.943 bits per heavy atom. The summed E-state index contributed by atoms with van der Waals surface area (Å²) in [4.78, 5) is 12.3. The van der Waals surface area contributed by atoms with Crippen molar-refractivity contribution >= 4 is 43.8 Å². The monoisotopic (exact) mass is 550 g/mol. The van der Waals surface area contributed by atoms with Gasteiger partial charge in [0.1, 0.15) is 22.7 Å². The van der Waals surface area contributed by atoms with E-state index >= 15 is 0 Å². The molecule has 1 atom stereocenters. The number of halogens is 4. The van der Waals surface area contributed by atoms with Crippen LogP contribution < -0.4 is 9.47 Å². The van der Waals surface area contributed by atoms with E-state index in [1.165, 1.54) is 12.1 Å². The average molecular weight is 551 g/mol. The number of rotatable bonds is 9. The number of fused-ring (bicyclic) bond motifs is 3. The molecule has 0 spiro atoms. The first-order valence-corrected chi connectivity index (χ1v) is 11.8. The lowest BCUT2D eigenvalue weighted by molar-refractivity contribution is -0.151. The SMILES string of the molecule is CC(Oc1ccc2c(c1)oc1cc(Br)ccc12)C(=O)OCCCCOc1cccc(C(F)(F)F)c1. The molecular formula is C26H22BrF3O5. The Balaban J connectivity index is 1.21. The Morgan fingerprint density at radius 2 is 1.66 bits per heavy atom. The Labute approximate surface area is 207 Å². The largest absolute Gasteiger partial charge is 0.494 e. The zero-order chi connectivity index (χ0) is 25.0. The van der Waals surface area contributed by atoms with Crippen LogP contribution in [-0.4, -0.2) is 25.3 Å². The van der Waals surface area contributed by atoms with Crippen molar-refractivity contribution in [3.8, 4) is 11.5 Å². The van der Waals surface area contributed by atoms with Gasteiger partial charge in [-0.1, -0.05) is 22.0 Å². The van der Waals surface area contributed by atoms with Crippen molar-refractivity contribution in [3.63, 3.8) is 0 Å². The molecule has 0 aliphatic carbocycles. The van der Waals surface area contributed by atoms with E-state index < -0.39 is 23.8 Å². The molecule has 1 heterocycles. The van der Waals surface area contributed by atoms with Gasteiger partial charge in [-0.05, 0) is 68.3 Å². The fraction of sp³-hybridized carbons (Fsp3) is 0.269. The highest BCUT2D eigenvalue weighted by Crippen LogP contribution is 2.33. The highest BCUT2D eigenvalue weighted by atomic mass is 79.9. The highest BCUT2D eigenvalue weighted by Gasteiger charge is 2.30. The van der Waals surface area contributed by atoms with E-state index in [9.17, 15) is 18.0 Å². The van der Waals surface area contributed by atoms with Crippen LogP contribution in [0.15, 0.2) is 69.6 Å². The second kappa shape index (κ2) is 10.6. The van der Waals surface area contributed by atoms with Crippen LogP contribution in [-0.2, 0) is 15.7 Å². The van der Waals surface area contributed by atoms with Crippen LogP contribution in [0.3, 0.4) is 0 Å². The number of unbranched alkanes of at least 4 members (excludes halogenated alkanes) is 1. The quantitative estimate of drug-likeness (QED) is 0.159. The Morgan fingerprint density at radius 3 is 2.43 bits per heavy atom. The lowest BCUT2D eigenvalue weighted by Gasteiger charge is -2.14. The van der Waals surface area contributed by atoms with Crippen molar-refractivity contribution in [1.82, 2.24) is 0 Å². The van der Waals surface area contributed by atoms with E-state index in [4.69, 9.17) is 18.6 Å². The molecule has 1 unspecified atom stereocenters. The highest BCUT2D eigenvalue weighted by molar-refractivity contribution is 9.10. The summed E-state index contributed by atoms with van der Waals surface area (Å²) in [6, 6.07) is 15.9. The van der Waals surface area contributed by atoms with Gasteiger partial charge in [-0.15, -0.1) is 0 Å². The number of hydrogen-bond acceptors (Lipinski definition) is 5. The minimum atomic E-state index is -4.42. The summed E-state index contributed by atoms with van der Waals surface area (Å²) in [5, 5.41) is 1.93. The molecule has 0 amide bonds. The molecule has 0 fully saturated rings. The van der Waals surface area contributed by atoms with Crippen molar-refractivity contribution in [2.75, 3.05) is 13.2 Å². The minimum absolute atomic E-state index is 0.146. The zero-order valence-corrected chi connectivity index (χ0v) is 20.3. The summed E-state index contributed by atoms with van der Waals surface area (Å²) in [5.74, 6) is 0.111. The average Bonchev–Trinajstić information content (AvgIpc) is 3.17. The molecule has 184 valence electrons. The number of benzene rings is 3. The van der Waals surface area contributed by atoms with Crippen molar-refractivity contribution in [3.05, 3.63) is 70.7 Å². The molecule has 0 saturated heterocycles. The second-order valence-corrected chi connectivity index (χ2v) is 8.82. The van der Waals surface area contributed by atoms with Gasteiger partial charge in [0.05, 0.1) is 18.8 Å². The van der Waals surface area contributed by atoms with E-state index in [0.29, 0.717) is 24.2 Å². The predicted molar refractivity (Wildman–Crippen MR) is 129 cm³/mol. The van der Waals surface area contributed by atoms with E-state index in [1.54, 1.807) is 19.1 Å². The maximum absolute atomic E-state index is 12.7. The fourth-order valence-corrected chi connectivity index (χ4v) is 3.84. The Hall–Kier alpha value is -3.20. The zero-order valence-electron chi connectivity index (χ0n) is 18.7. The number of esters is 1. The summed E-state index contributed by atoms with van der Waals surface area (Å²) < 4.78 is 61.3. The van der Waals surface area contributed by atoms with Gasteiger partial charge >= 0.3 is 12.1 Å². The van der Waals surface area contributed by atoms with E-state index in [2.05, 4.69) is 15.9 Å². The van der Waals surface area contributed by atoms with Crippen LogP contribution >= 0.6 is 15.9 Å². The molecule has 3 aromatic carbocycles. The molecule has 0 saturated carbocycles. The maximum atomic E-state index is 12.7. The molecule has 4 aromatic rings. The topological polar surface area (TPSA) is 57.9 Å². The van der Waals surface area contributed by atoms with Crippen LogP contribution in [0.5, 0.6) is 11.5 Å². The van der Waals surface area contributed by atoms with Gasteiger partial charge < -0.3 is 18.6 Å². The number of ether oxygens (including phenoxy) is 3. The standard InChI is InChI=1S/C26H22BrF3O5/c1-16(34-20-8-10-22-21-9-7-18(27)14-23(21)35-24(22)15-20)25(31)33-12-3-2-11-32-19-6-4-5-17(13-19)26(28,29)30/h4-10,13-16H,2-3,11-12H2,1H3. The summed E-state index contributed by atoms with van der Waals surface area (Å²) in [5.41, 5.74) is 0.637. The number of alkyl halides is 3. The second-order valence-electron chi connectivity index (χ2n) is 7.91. The Kier molecular flexibility index (Phi) is 7.54. The van der Waals surface area contributed by atoms with Crippen molar-refractivity contribution < 1.29 is 36.6 Å². The molecule has 0 radical (unpaired) electrons. The lowest BCUT2D eigenvalue weighted by atomic mass is 10.1. The minimum Gasteiger partial charge on any atom is -0.494 e. The predicted octanol–water partition coefficient (Wildman–Crippen LogP) is 7.54. The summed E-state index contributed by atoms with van der Waals surface area (Å²) in [7, 11) is 0. The number of furan rings is 1. The van der Waals surface area contributed by atoms with Crippen LogP contribution in [0, 0.1) is 0 Å². The number of carbonyl (C=O) groups is 1. The van der Waals surface area contributed by atoms with Gasteiger partial charge in [0.25, 0.3) is 0 Å². The molecule has 0 N–H and O–H groups in total. The van der Waals surface area contributed by atoms with Crippen LogP contribution in [0.2, 0.25) is 0 Å². The van der Waals surface area contributed by atoms with Crippen LogP contribution in [0.1, 0.15) is 25.3 Å². The third kappa shape index (κ3) is 6.28. The van der Waals surface area contributed by atoms with Gasteiger partial charge in [0.2, 0.25) is 0 Å². The molecule has 0 aliphatic rings. The first-order valence-electron chi connectivity index (χ1n) is 11.0. The van der Waals surface area contributed by atoms with Gasteiger partial charge in [-0.25, -0.2) is 4.79 Å². The first kappa shape index (κ1) is 24.9. The summed E-state index contributed by atoms with van der Waals surface area (Å²) in [6.07, 6.45) is -4.23. The molecule has 0 bridgehead atoms. The van der Waals surface area contributed by atoms with Crippen molar-refractivity contribution in [2.24, 2.45) is 0 Å².